The molecule has 5 rings (SSSR count). The first-order chi connectivity index (χ1) is 16.8. The molecule has 2 heterocycles. The zero-order valence-electron chi connectivity index (χ0n) is 19.1. The quantitative estimate of drug-likeness (QED) is 0.197. The summed E-state index contributed by atoms with van der Waals surface area (Å²) in [5, 5.41) is 2.19. The Labute approximate surface area is 200 Å². The molecule has 5 aromatic rings. The van der Waals surface area contributed by atoms with Crippen LogP contribution in [0.3, 0.4) is 0 Å². The van der Waals surface area contributed by atoms with E-state index in [0.29, 0.717) is 0 Å². The summed E-state index contributed by atoms with van der Waals surface area (Å²) in [5.74, 6) is 0. The van der Waals surface area contributed by atoms with Crippen LogP contribution in [-0.4, -0.2) is 9.97 Å². The van der Waals surface area contributed by atoms with E-state index in [0.717, 1.165) is 50.0 Å². The van der Waals surface area contributed by atoms with Crippen molar-refractivity contribution in [2.75, 3.05) is 4.90 Å². The first-order valence-corrected chi connectivity index (χ1v) is 11.3. The van der Waals surface area contributed by atoms with Gasteiger partial charge in [0.25, 0.3) is 0 Å². The van der Waals surface area contributed by atoms with Crippen LogP contribution in [0.1, 0.15) is 6.92 Å². The minimum absolute atomic E-state index is 0.930. The second-order valence-corrected chi connectivity index (χ2v) is 7.98. The average Bonchev–Trinajstić information content (AvgIpc) is 2.90. The molecule has 0 unspecified atom stereocenters. The van der Waals surface area contributed by atoms with Crippen LogP contribution in [0.2, 0.25) is 0 Å². The number of rotatable bonds is 6. The topological polar surface area (TPSA) is 29.0 Å². The lowest BCUT2D eigenvalue weighted by atomic mass is 10.0. The summed E-state index contributed by atoms with van der Waals surface area (Å²) < 4.78 is 0. The number of allylic oxidation sites excluding steroid dienone is 4. The fraction of sp³-hybridized carbons (Fsp3) is 0.0323. The van der Waals surface area contributed by atoms with Crippen molar-refractivity contribution in [3.63, 3.8) is 0 Å². The van der Waals surface area contributed by atoms with Gasteiger partial charge in [-0.3, -0.25) is 9.97 Å². The van der Waals surface area contributed by atoms with Crippen LogP contribution in [-0.2, 0) is 0 Å². The Hall–Kier alpha value is -4.50. The van der Waals surface area contributed by atoms with E-state index in [1.54, 1.807) is 0 Å². The Balaban J connectivity index is 1.55. The SMILES string of the molecule is C=C/C=C(\C=C/C)N(c1ccccc1)c1ccc(-c2cnc3c(ccc4cccnc43)c2)cc1. The van der Waals surface area contributed by atoms with Crippen molar-refractivity contribution in [3.05, 3.63) is 134 Å². The minimum atomic E-state index is 0.930. The standard InChI is InChI=1S/C31H25N3/c1-3-9-27(10-4-2)34(28-12-6-5-7-13-28)29-18-16-23(17-19-29)26-21-25-15-14-24-11-8-20-32-30(24)31(25)33-22-26/h3-22H,1H2,2H3/b10-4-,27-9+. The van der Waals surface area contributed by atoms with Gasteiger partial charge in [-0.1, -0.05) is 67.3 Å². The van der Waals surface area contributed by atoms with Gasteiger partial charge in [0.1, 0.15) is 0 Å². The summed E-state index contributed by atoms with van der Waals surface area (Å²) in [6.07, 6.45) is 11.7. The maximum absolute atomic E-state index is 4.77. The molecule has 0 aliphatic heterocycles. The van der Waals surface area contributed by atoms with Crippen molar-refractivity contribution < 1.29 is 0 Å². The van der Waals surface area contributed by atoms with Gasteiger partial charge in [0.05, 0.1) is 11.0 Å². The molecule has 0 saturated heterocycles. The smallest absolute Gasteiger partial charge is 0.0964 e. The summed E-state index contributed by atoms with van der Waals surface area (Å²) in [4.78, 5) is 11.5. The van der Waals surface area contributed by atoms with Gasteiger partial charge in [-0.15, -0.1) is 0 Å². The summed E-state index contributed by atoms with van der Waals surface area (Å²) in [7, 11) is 0. The molecule has 0 N–H and O–H groups in total. The molecule has 3 nitrogen and oxygen atoms in total. The Morgan fingerprint density at radius 3 is 2.26 bits per heavy atom. The predicted molar refractivity (Wildman–Crippen MR) is 144 cm³/mol. The molecule has 0 fully saturated rings. The molecular formula is C31H25N3. The fourth-order valence-corrected chi connectivity index (χ4v) is 4.22. The zero-order valence-corrected chi connectivity index (χ0v) is 19.1. The van der Waals surface area contributed by atoms with Gasteiger partial charge in [0.2, 0.25) is 0 Å². The molecule has 2 aromatic heterocycles. The molecule has 3 aromatic carbocycles. The van der Waals surface area contributed by atoms with Crippen LogP contribution in [0, 0.1) is 0 Å². The minimum Gasteiger partial charge on any atom is -0.311 e. The van der Waals surface area contributed by atoms with Gasteiger partial charge in [-0.05, 0) is 61.0 Å². The van der Waals surface area contributed by atoms with Crippen LogP contribution in [0.15, 0.2) is 134 Å². The predicted octanol–water partition coefficient (Wildman–Crippen LogP) is 8.23. The third-order valence-corrected chi connectivity index (χ3v) is 5.78. The summed E-state index contributed by atoms with van der Waals surface area (Å²) >= 11 is 0. The van der Waals surface area contributed by atoms with Crippen molar-refractivity contribution in [2.24, 2.45) is 0 Å². The molecule has 0 bridgehead atoms. The van der Waals surface area contributed by atoms with Crippen LogP contribution in [0.25, 0.3) is 32.9 Å². The number of anilines is 2. The Kier molecular flexibility index (Phi) is 6.00. The van der Waals surface area contributed by atoms with E-state index in [-0.39, 0.29) is 0 Å². The third kappa shape index (κ3) is 4.12. The Morgan fingerprint density at radius 1 is 0.765 bits per heavy atom. The highest BCUT2D eigenvalue weighted by molar-refractivity contribution is 6.03. The third-order valence-electron chi connectivity index (χ3n) is 5.78. The molecule has 0 aliphatic rings. The van der Waals surface area contributed by atoms with Crippen molar-refractivity contribution >= 4 is 33.2 Å². The molecule has 0 aliphatic carbocycles. The lowest BCUT2D eigenvalue weighted by molar-refractivity contribution is 1.21. The molecule has 0 spiro atoms. The number of fused-ring (bicyclic) bond motifs is 3. The number of nitrogens with zero attached hydrogens (tertiary/aromatic N) is 3. The second-order valence-electron chi connectivity index (χ2n) is 7.98. The molecule has 0 amide bonds. The monoisotopic (exact) mass is 439 g/mol. The number of hydrogen-bond donors (Lipinski definition) is 0. The molecule has 0 atom stereocenters. The largest absolute Gasteiger partial charge is 0.311 e. The number of aromatic nitrogens is 2. The van der Waals surface area contributed by atoms with Crippen molar-refractivity contribution in [3.8, 4) is 11.1 Å². The van der Waals surface area contributed by atoms with Crippen LogP contribution in [0.5, 0.6) is 0 Å². The Bertz CT molecular complexity index is 1510. The maximum Gasteiger partial charge on any atom is 0.0964 e. The number of hydrogen-bond acceptors (Lipinski definition) is 3. The highest BCUT2D eigenvalue weighted by atomic mass is 15.1. The van der Waals surface area contributed by atoms with Gasteiger partial charge in [0.15, 0.2) is 0 Å². The highest BCUT2D eigenvalue weighted by Gasteiger charge is 2.13. The van der Waals surface area contributed by atoms with Gasteiger partial charge >= 0.3 is 0 Å². The first-order valence-electron chi connectivity index (χ1n) is 11.3. The van der Waals surface area contributed by atoms with Crippen molar-refractivity contribution in [2.45, 2.75) is 6.92 Å². The lowest BCUT2D eigenvalue weighted by Gasteiger charge is -2.26. The number of benzene rings is 3. The van der Waals surface area contributed by atoms with E-state index < -0.39 is 0 Å². The number of para-hydroxylation sites is 1. The van der Waals surface area contributed by atoms with Gasteiger partial charge in [-0.25, -0.2) is 0 Å². The first kappa shape index (κ1) is 21.4. The number of pyridine rings is 2. The lowest BCUT2D eigenvalue weighted by Crippen LogP contribution is -2.15. The van der Waals surface area contributed by atoms with Crippen molar-refractivity contribution in [1.82, 2.24) is 9.97 Å². The van der Waals surface area contributed by atoms with Gasteiger partial charge < -0.3 is 4.90 Å². The normalized spacial score (nSPS) is 11.9. The Morgan fingerprint density at radius 2 is 1.50 bits per heavy atom. The van der Waals surface area contributed by atoms with Crippen LogP contribution >= 0.6 is 0 Å². The second kappa shape index (κ2) is 9.55. The fourth-order valence-electron chi connectivity index (χ4n) is 4.22. The van der Waals surface area contributed by atoms with E-state index in [1.807, 2.05) is 49.7 Å². The average molecular weight is 440 g/mol. The highest BCUT2D eigenvalue weighted by Crippen LogP contribution is 2.33. The van der Waals surface area contributed by atoms with Crippen molar-refractivity contribution in [1.29, 1.82) is 0 Å². The van der Waals surface area contributed by atoms with Crippen LogP contribution < -0.4 is 4.90 Å². The van der Waals surface area contributed by atoms with E-state index in [4.69, 9.17) is 4.98 Å². The molecule has 34 heavy (non-hydrogen) atoms. The van der Waals surface area contributed by atoms with E-state index in [9.17, 15) is 0 Å². The van der Waals surface area contributed by atoms with Gasteiger partial charge in [0, 0.05) is 45.8 Å². The molecule has 0 saturated carbocycles. The van der Waals surface area contributed by atoms with Gasteiger partial charge in [-0.2, -0.15) is 0 Å². The summed E-state index contributed by atoms with van der Waals surface area (Å²) in [5.41, 5.74) is 7.27. The van der Waals surface area contributed by atoms with Crippen LogP contribution in [0.4, 0.5) is 11.4 Å². The molecule has 3 heteroatoms. The molecular weight excluding hydrogens is 414 g/mol. The summed E-state index contributed by atoms with van der Waals surface area (Å²) in [6.45, 7) is 5.92. The molecule has 164 valence electrons. The maximum atomic E-state index is 4.77. The van der Waals surface area contributed by atoms with E-state index in [1.165, 1.54) is 0 Å². The van der Waals surface area contributed by atoms with E-state index >= 15 is 0 Å². The zero-order chi connectivity index (χ0) is 23.3. The van der Waals surface area contributed by atoms with E-state index in [2.05, 4.69) is 95.3 Å². The molecule has 0 radical (unpaired) electrons. The summed E-state index contributed by atoms with van der Waals surface area (Å²) in [6, 6.07) is 29.4.